The van der Waals surface area contributed by atoms with Crippen LogP contribution in [0.5, 0.6) is 5.75 Å². The minimum atomic E-state index is -1.28. The molecule has 0 fully saturated rings. The van der Waals surface area contributed by atoms with Gasteiger partial charge in [0.1, 0.15) is 5.82 Å². The van der Waals surface area contributed by atoms with Gasteiger partial charge in [0, 0.05) is 33.2 Å². The van der Waals surface area contributed by atoms with E-state index in [2.05, 4.69) is 22.5 Å². The molecule has 0 amide bonds. The third-order valence-electron chi connectivity index (χ3n) is 6.83. The van der Waals surface area contributed by atoms with Crippen LogP contribution in [0.25, 0.3) is 21.8 Å². The molecule has 12 heteroatoms. The molecule has 8 nitrogen and oxygen atoms in total. The molecule has 0 radical (unpaired) electrons. The molecule has 44 heavy (non-hydrogen) atoms. The number of halogens is 2. The minimum absolute atomic E-state index is 0.0605. The number of hydrazine groups is 1. The van der Waals surface area contributed by atoms with Gasteiger partial charge in [0.15, 0.2) is 11.6 Å². The Morgan fingerprint density at radius 2 is 1.84 bits per heavy atom. The highest BCUT2D eigenvalue weighted by Crippen LogP contribution is 2.42. The van der Waals surface area contributed by atoms with E-state index in [0.717, 1.165) is 5.01 Å². The van der Waals surface area contributed by atoms with E-state index < -0.39 is 22.4 Å². The Hall–Kier alpha value is -4.52. The van der Waals surface area contributed by atoms with Crippen LogP contribution in [0.4, 0.5) is 26.1 Å². The number of benzene rings is 3. The van der Waals surface area contributed by atoms with Crippen LogP contribution < -0.4 is 20.8 Å². The number of rotatable bonds is 7. The Morgan fingerprint density at radius 1 is 1.07 bits per heavy atom. The first kappa shape index (κ1) is 29.5. The van der Waals surface area contributed by atoms with E-state index in [-0.39, 0.29) is 23.2 Å². The van der Waals surface area contributed by atoms with Gasteiger partial charge in [-0.15, -0.1) is 11.3 Å². The van der Waals surface area contributed by atoms with Crippen molar-refractivity contribution in [3.63, 3.8) is 0 Å². The van der Waals surface area contributed by atoms with Crippen LogP contribution in [0.3, 0.4) is 0 Å². The summed E-state index contributed by atoms with van der Waals surface area (Å²) in [6.07, 6.45) is 1.62. The van der Waals surface area contributed by atoms with Gasteiger partial charge in [-0.25, -0.2) is 27.9 Å². The summed E-state index contributed by atoms with van der Waals surface area (Å²) in [5.41, 5.74) is 4.89. The van der Waals surface area contributed by atoms with Crippen LogP contribution >= 0.6 is 11.3 Å². The second kappa shape index (κ2) is 11.9. The van der Waals surface area contributed by atoms with Crippen molar-refractivity contribution in [2.24, 2.45) is 0 Å². The van der Waals surface area contributed by atoms with E-state index in [0.29, 0.717) is 44.1 Å². The SMILES string of the molecule is C=CS(=O)c1ccc(Nc2nccc(-c3sc(C(C)(C)C)nc3-c3cccc(N4Cc5c(F)cccc5ON4)c3F)n2)cc1. The molecule has 0 saturated carbocycles. The van der Waals surface area contributed by atoms with E-state index in [1.54, 1.807) is 66.9 Å². The van der Waals surface area contributed by atoms with Crippen molar-refractivity contribution in [1.29, 1.82) is 0 Å². The van der Waals surface area contributed by atoms with Gasteiger partial charge in [0.05, 0.1) is 49.9 Å². The standard InChI is InChI=1S/C32H28F2N6O2S2/c1-5-44(41)20-14-12-19(13-15-20)36-31-35-17-16-24(37-31)29-28(38-30(43-29)32(2,3)4)21-8-6-10-25(27(21)34)40-18-22-23(33)9-7-11-26(22)42-39-40/h5-17,39H,1,18H2,2-4H3,(H,35,36,37). The fraction of sp³-hybridized carbons (Fsp3) is 0.156. The third kappa shape index (κ3) is 5.83. The second-order valence-corrected chi connectivity index (χ2v) is 13.4. The molecule has 1 aliphatic heterocycles. The summed E-state index contributed by atoms with van der Waals surface area (Å²) in [5.74, 6) is -0.288. The van der Waals surface area contributed by atoms with Crippen molar-refractivity contribution in [1.82, 2.24) is 20.5 Å². The van der Waals surface area contributed by atoms with Crippen molar-refractivity contribution < 1.29 is 17.8 Å². The molecule has 0 saturated heterocycles. The van der Waals surface area contributed by atoms with Gasteiger partial charge in [-0.2, -0.15) is 0 Å². The van der Waals surface area contributed by atoms with Crippen LogP contribution in [-0.4, -0.2) is 19.2 Å². The van der Waals surface area contributed by atoms with E-state index in [1.165, 1.54) is 27.8 Å². The summed E-state index contributed by atoms with van der Waals surface area (Å²) in [6, 6.07) is 18.3. The van der Waals surface area contributed by atoms with Gasteiger partial charge in [0.2, 0.25) is 5.95 Å². The number of thiazole rings is 1. The zero-order valence-electron chi connectivity index (χ0n) is 24.1. The molecular weight excluding hydrogens is 603 g/mol. The van der Waals surface area contributed by atoms with Crippen molar-refractivity contribution in [3.8, 4) is 27.6 Å². The summed E-state index contributed by atoms with van der Waals surface area (Å²) in [5, 5.41) is 6.78. The maximum absolute atomic E-state index is 16.4. The summed E-state index contributed by atoms with van der Waals surface area (Å²) in [4.78, 5) is 20.8. The molecule has 3 aromatic carbocycles. The zero-order chi connectivity index (χ0) is 31.0. The average Bonchev–Trinajstić information content (AvgIpc) is 3.48. The topological polar surface area (TPSA) is 92.3 Å². The van der Waals surface area contributed by atoms with Crippen LogP contribution in [0, 0.1) is 11.6 Å². The molecule has 5 aromatic rings. The molecule has 1 atom stereocenters. The Morgan fingerprint density at radius 3 is 2.59 bits per heavy atom. The largest absolute Gasteiger partial charge is 0.389 e. The summed E-state index contributed by atoms with van der Waals surface area (Å²) >= 11 is 1.44. The maximum Gasteiger partial charge on any atom is 0.227 e. The number of hydrogen-bond donors (Lipinski definition) is 2. The van der Waals surface area contributed by atoms with Crippen LogP contribution in [0.2, 0.25) is 0 Å². The number of hydrogen-bond acceptors (Lipinski definition) is 9. The van der Waals surface area contributed by atoms with Crippen molar-refractivity contribution in [3.05, 3.63) is 107 Å². The van der Waals surface area contributed by atoms with Gasteiger partial charge in [-0.3, -0.25) is 5.01 Å². The molecule has 0 bridgehead atoms. The fourth-order valence-electron chi connectivity index (χ4n) is 4.57. The first-order valence-electron chi connectivity index (χ1n) is 13.6. The van der Waals surface area contributed by atoms with Crippen molar-refractivity contribution >= 4 is 39.5 Å². The fourth-order valence-corrected chi connectivity index (χ4v) is 6.27. The minimum Gasteiger partial charge on any atom is -0.389 e. The number of anilines is 3. The summed E-state index contributed by atoms with van der Waals surface area (Å²) < 4.78 is 42.9. The van der Waals surface area contributed by atoms with Crippen LogP contribution in [0.15, 0.2) is 89.8 Å². The number of nitrogens with one attached hydrogen (secondary N) is 2. The Balaban J connectivity index is 1.37. The molecule has 1 unspecified atom stereocenters. The van der Waals surface area contributed by atoms with E-state index in [9.17, 15) is 8.60 Å². The maximum atomic E-state index is 16.4. The van der Waals surface area contributed by atoms with Gasteiger partial charge in [0.25, 0.3) is 0 Å². The zero-order valence-corrected chi connectivity index (χ0v) is 25.7. The highest BCUT2D eigenvalue weighted by Gasteiger charge is 2.28. The summed E-state index contributed by atoms with van der Waals surface area (Å²) in [6.45, 7) is 9.76. The molecule has 1 aliphatic rings. The lowest BCUT2D eigenvalue weighted by molar-refractivity contribution is 0.159. The quantitative estimate of drug-likeness (QED) is 0.189. The Labute approximate surface area is 259 Å². The molecule has 3 heterocycles. The first-order chi connectivity index (χ1) is 21.1. The molecule has 0 aliphatic carbocycles. The Bertz CT molecular complexity index is 1890. The van der Waals surface area contributed by atoms with Crippen LogP contribution in [-0.2, 0) is 22.8 Å². The van der Waals surface area contributed by atoms with Gasteiger partial charge >= 0.3 is 0 Å². The predicted molar refractivity (Wildman–Crippen MR) is 170 cm³/mol. The van der Waals surface area contributed by atoms with E-state index >= 15 is 4.39 Å². The lowest BCUT2D eigenvalue weighted by Gasteiger charge is -2.31. The lowest BCUT2D eigenvalue weighted by Crippen LogP contribution is -2.44. The molecular formula is C32H28F2N6O2S2. The highest BCUT2D eigenvalue weighted by atomic mass is 32.2. The smallest absolute Gasteiger partial charge is 0.227 e. The van der Waals surface area contributed by atoms with E-state index in [1.807, 2.05) is 20.8 Å². The molecule has 224 valence electrons. The highest BCUT2D eigenvalue weighted by molar-refractivity contribution is 7.88. The lowest BCUT2D eigenvalue weighted by atomic mass is 9.98. The van der Waals surface area contributed by atoms with Crippen molar-refractivity contribution in [2.45, 2.75) is 37.6 Å². The monoisotopic (exact) mass is 630 g/mol. The normalized spacial score (nSPS) is 13.6. The molecule has 0 spiro atoms. The molecule has 2 N–H and O–H groups in total. The van der Waals surface area contributed by atoms with Gasteiger partial charge in [-0.05, 0) is 54.6 Å². The van der Waals surface area contributed by atoms with Crippen molar-refractivity contribution in [2.75, 3.05) is 10.3 Å². The number of aromatic nitrogens is 3. The average molecular weight is 631 g/mol. The second-order valence-electron chi connectivity index (χ2n) is 11.0. The third-order valence-corrected chi connectivity index (χ3v) is 9.38. The predicted octanol–water partition coefficient (Wildman–Crippen LogP) is 7.66. The van der Waals surface area contributed by atoms with Crippen LogP contribution in [0.1, 0.15) is 31.3 Å². The molecule has 2 aromatic heterocycles. The Kier molecular flexibility index (Phi) is 7.97. The number of fused-ring (bicyclic) bond motifs is 1. The van der Waals surface area contributed by atoms with Gasteiger partial charge in [-0.1, -0.05) is 45.1 Å². The molecule has 6 rings (SSSR count). The summed E-state index contributed by atoms with van der Waals surface area (Å²) in [7, 11) is -1.28. The van der Waals surface area contributed by atoms with E-state index in [4.69, 9.17) is 14.8 Å². The number of nitrogens with zero attached hydrogens (tertiary/aromatic N) is 4. The van der Waals surface area contributed by atoms with Gasteiger partial charge < -0.3 is 10.2 Å². The first-order valence-corrected chi connectivity index (χ1v) is 15.7.